The molecule has 2 N–H and O–H groups in total. The average Bonchev–Trinajstić information content (AvgIpc) is 2.33. The van der Waals surface area contributed by atoms with E-state index in [1.165, 1.54) is 0 Å². The van der Waals surface area contributed by atoms with Gasteiger partial charge in [0.1, 0.15) is 5.75 Å². The summed E-state index contributed by atoms with van der Waals surface area (Å²) in [5, 5.41) is 10.0. The summed E-state index contributed by atoms with van der Waals surface area (Å²) in [5.41, 5.74) is -6.31. The van der Waals surface area contributed by atoms with Crippen molar-refractivity contribution in [1.82, 2.24) is 5.32 Å². The summed E-state index contributed by atoms with van der Waals surface area (Å²) in [5.74, 6) is -6.00. The van der Waals surface area contributed by atoms with E-state index in [1.54, 1.807) is 22.6 Å². The molecule has 0 saturated carbocycles. The van der Waals surface area contributed by atoms with Crippen LogP contribution in [0.5, 0.6) is 5.75 Å². The zero-order valence-electron chi connectivity index (χ0n) is 11.6. The molecule has 0 radical (unpaired) electrons. The van der Waals surface area contributed by atoms with Gasteiger partial charge in [0.25, 0.3) is 5.91 Å². The molecule has 0 unspecified atom stereocenters. The zero-order chi connectivity index (χ0) is 19.8. The lowest BCUT2D eigenvalue weighted by Crippen LogP contribution is -2.70. The quantitative estimate of drug-likeness (QED) is 0.370. The zero-order valence-corrected chi connectivity index (χ0v) is 14.5. The van der Waals surface area contributed by atoms with Gasteiger partial charge in [-0.1, -0.05) is 0 Å². The highest BCUT2D eigenvalue weighted by Gasteiger charge is 2.72. The molecule has 0 atom stereocenters. The monoisotopic (exact) mass is 506 g/mol. The van der Waals surface area contributed by atoms with E-state index in [4.69, 9.17) is 0 Å². The van der Waals surface area contributed by atoms with Crippen molar-refractivity contribution in [3.8, 4) is 5.75 Å². The molecule has 0 aliphatic heterocycles. The first-order valence-electron chi connectivity index (χ1n) is 5.88. The fourth-order valence-electron chi connectivity index (χ4n) is 1.73. The maximum atomic E-state index is 13.0. The Morgan fingerprint density at radius 2 is 1.64 bits per heavy atom. The smallest absolute Gasteiger partial charge is 0.421 e. The van der Waals surface area contributed by atoms with E-state index >= 15 is 0 Å². The van der Waals surface area contributed by atoms with Gasteiger partial charge in [-0.2, -0.15) is 26.3 Å². The highest BCUT2D eigenvalue weighted by molar-refractivity contribution is 14.1. The maximum absolute atomic E-state index is 13.0. The molecule has 0 bridgehead atoms. The van der Waals surface area contributed by atoms with Gasteiger partial charge >= 0.3 is 12.4 Å². The van der Waals surface area contributed by atoms with Gasteiger partial charge in [-0.15, -0.1) is 0 Å². The summed E-state index contributed by atoms with van der Waals surface area (Å²) < 4.78 is 110. The fourth-order valence-corrected chi connectivity index (χ4v) is 3.13. The minimum absolute atomic E-state index is 0.312. The van der Waals surface area contributed by atoms with Crippen molar-refractivity contribution in [2.45, 2.75) is 17.9 Å². The van der Waals surface area contributed by atoms with Crippen LogP contribution in [0.25, 0.3) is 0 Å². The summed E-state index contributed by atoms with van der Waals surface area (Å²) in [6.07, 6.45) is -12.7. The van der Waals surface area contributed by atoms with Crippen LogP contribution in [0.1, 0.15) is 10.4 Å². The summed E-state index contributed by atoms with van der Waals surface area (Å²) in [6, 6.07) is 2.71. The van der Waals surface area contributed by atoms with Crippen LogP contribution in [-0.2, 0) is 10.1 Å². The van der Waals surface area contributed by atoms with E-state index in [-0.39, 0.29) is 0 Å². The SMILES string of the molecule is O=C(NC(CS(=O)(=O)[O-])(C(F)(F)F)C(F)(F)F)c1ccc(I)cc1O. The third kappa shape index (κ3) is 4.87. The van der Waals surface area contributed by atoms with Gasteiger partial charge in [0.05, 0.1) is 21.4 Å². The van der Waals surface area contributed by atoms with E-state index in [1.807, 2.05) is 0 Å². The molecule has 6 nitrogen and oxygen atoms in total. The summed E-state index contributed by atoms with van der Waals surface area (Å²) in [7, 11) is -6.06. The Balaban J connectivity index is 3.50. The second kappa shape index (κ2) is 6.79. The molecule has 0 aliphatic rings. The third-order valence-electron chi connectivity index (χ3n) is 2.89. The number of halogens is 7. The van der Waals surface area contributed by atoms with Crippen molar-refractivity contribution in [3.05, 3.63) is 27.3 Å². The van der Waals surface area contributed by atoms with Crippen LogP contribution in [0.4, 0.5) is 26.3 Å². The van der Waals surface area contributed by atoms with Crippen LogP contribution in [-0.4, -0.2) is 47.6 Å². The number of aromatic hydroxyl groups is 1. The van der Waals surface area contributed by atoms with Crippen LogP contribution >= 0.6 is 22.6 Å². The number of rotatable bonds is 4. The van der Waals surface area contributed by atoms with Crippen LogP contribution in [0, 0.1) is 3.57 Å². The number of carbonyl (C=O) groups is 1. The van der Waals surface area contributed by atoms with Crippen LogP contribution in [0.3, 0.4) is 0 Å². The normalized spacial score (nSPS) is 13.6. The summed E-state index contributed by atoms with van der Waals surface area (Å²) in [6.45, 7) is 0. The Labute approximate surface area is 150 Å². The van der Waals surface area contributed by atoms with Crippen molar-refractivity contribution >= 4 is 38.6 Å². The number of benzene rings is 1. The fraction of sp³-hybridized carbons (Fsp3) is 0.364. The summed E-state index contributed by atoms with van der Waals surface area (Å²) in [4.78, 5) is 11.8. The Morgan fingerprint density at radius 1 is 1.16 bits per heavy atom. The number of hydrogen-bond acceptors (Lipinski definition) is 5. The Kier molecular flexibility index (Phi) is 5.91. The molecular weight excluding hydrogens is 499 g/mol. The molecule has 0 aromatic heterocycles. The van der Waals surface area contributed by atoms with Gasteiger partial charge in [-0.25, -0.2) is 8.42 Å². The molecule has 1 amide bonds. The van der Waals surface area contributed by atoms with Gasteiger partial charge in [0.15, 0.2) is 0 Å². The largest absolute Gasteiger partial charge is 0.748 e. The number of phenols is 1. The number of hydrogen-bond donors (Lipinski definition) is 2. The Bertz CT molecular complexity index is 762. The second-order valence-electron chi connectivity index (χ2n) is 4.72. The summed E-state index contributed by atoms with van der Waals surface area (Å²) >= 11 is 1.64. The van der Waals surface area contributed by atoms with Gasteiger partial charge in [-0.05, 0) is 40.8 Å². The minimum atomic E-state index is -6.36. The molecule has 0 spiro atoms. The van der Waals surface area contributed by atoms with E-state index in [0.717, 1.165) is 18.2 Å². The first-order valence-corrected chi connectivity index (χ1v) is 8.54. The van der Waals surface area contributed by atoms with Crippen molar-refractivity contribution in [2.24, 2.45) is 0 Å². The second-order valence-corrected chi connectivity index (χ2v) is 7.37. The van der Waals surface area contributed by atoms with Crippen molar-refractivity contribution in [1.29, 1.82) is 0 Å². The van der Waals surface area contributed by atoms with Gasteiger partial charge in [0, 0.05) is 3.57 Å². The first kappa shape index (κ1) is 21.8. The van der Waals surface area contributed by atoms with E-state index in [9.17, 15) is 49.2 Å². The lowest BCUT2D eigenvalue weighted by molar-refractivity contribution is -0.296. The van der Waals surface area contributed by atoms with Crippen molar-refractivity contribution in [2.75, 3.05) is 5.75 Å². The lowest BCUT2D eigenvalue weighted by Gasteiger charge is -2.38. The third-order valence-corrected chi connectivity index (χ3v) is 4.35. The number of alkyl halides is 6. The number of nitrogens with one attached hydrogen (secondary N) is 1. The molecule has 25 heavy (non-hydrogen) atoms. The lowest BCUT2D eigenvalue weighted by atomic mass is 9.99. The highest BCUT2D eigenvalue weighted by Crippen LogP contribution is 2.44. The first-order chi connectivity index (χ1) is 11.0. The molecule has 1 aromatic carbocycles. The van der Waals surface area contributed by atoms with Gasteiger partial charge in [0.2, 0.25) is 5.54 Å². The van der Waals surface area contributed by atoms with Crippen molar-refractivity contribution in [3.63, 3.8) is 0 Å². The molecule has 0 fully saturated rings. The topological polar surface area (TPSA) is 107 Å². The average molecular weight is 506 g/mol. The van der Waals surface area contributed by atoms with E-state index in [0.29, 0.717) is 8.89 Å². The van der Waals surface area contributed by atoms with Crippen LogP contribution < -0.4 is 5.32 Å². The molecule has 1 aromatic rings. The van der Waals surface area contributed by atoms with Crippen LogP contribution in [0.15, 0.2) is 18.2 Å². The Hall–Kier alpha value is -1.29. The van der Waals surface area contributed by atoms with Crippen LogP contribution in [0.2, 0.25) is 0 Å². The number of carbonyl (C=O) groups excluding carboxylic acids is 1. The molecule has 142 valence electrons. The van der Waals surface area contributed by atoms with Gasteiger partial charge in [-0.3, -0.25) is 4.79 Å². The van der Waals surface area contributed by atoms with Gasteiger partial charge < -0.3 is 15.0 Å². The molecular formula is C11H7F6INO5S-. The number of amides is 1. The molecule has 14 heteroatoms. The minimum Gasteiger partial charge on any atom is -0.748 e. The molecule has 1 rings (SSSR count). The van der Waals surface area contributed by atoms with E-state index in [2.05, 4.69) is 0 Å². The predicted molar refractivity (Wildman–Crippen MR) is 77.7 cm³/mol. The highest BCUT2D eigenvalue weighted by atomic mass is 127. The number of phenolic OH excluding ortho intramolecular Hbond substituents is 1. The molecule has 0 aliphatic carbocycles. The molecule has 0 saturated heterocycles. The van der Waals surface area contributed by atoms with E-state index < -0.39 is 51.0 Å². The molecule has 0 heterocycles. The Morgan fingerprint density at radius 3 is 2.00 bits per heavy atom. The maximum Gasteiger partial charge on any atom is 0.421 e. The standard InChI is InChI=1S/C11H8F6INO5S/c12-10(13,14)9(11(15,16)17,4-25(22,23)24)19-8(21)6-2-1-5(18)3-7(6)20/h1-3,20H,4H2,(H,19,21)(H,22,23,24)/p-1. The van der Waals surface area contributed by atoms with Crippen molar-refractivity contribution < 1.29 is 49.2 Å². The predicted octanol–water partition coefficient (Wildman–Crippen LogP) is 2.14.